The average Bonchev–Trinajstić information content (AvgIpc) is 3.04. The Morgan fingerprint density at radius 2 is 1.71 bits per heavy atom. The Labute approximate surface area is 151 Å². The van der Waals surface area contributed by atoms with E-state index in [1.165, 1.54) is 30.3 Å². The number of carbonyl (C=O) groups is 1. The maximum atomic E-state index is 13.2. The first-order valence-electron chi connectivity index (χ1n) is 6.76. The molecule has 0 saturated carbocycles. The van der Waals surface area contributed by atoms with Gasteiger partial charge < -0.3 is 9.73 Å². The van der Waals surface area contributed by atoms with E-state index in [-0.39, 0.29) is 10.8 Å². The number of halogens is 4. The first-order valence-corrected chi connectivity index (χ1v) is 7.89. The Hall–Kier alpha value is -2.01. The zero-order chi connectivity index (χ0) is 17.3. The predicted octanol–water partition coefficient (Wildman–Crippen LogP) is 6.30. The standard InChI is InChI=1S/C17H9Cl3FNO2/c18-11-3-2-10(8-12(11)19)22-17(23)16-6-5-15(24-16)9-1-4-14(21)13(20)7-9/h1-8H,(H,22,23). The topological polar surface area (TPSA) is 42.2 Å². The fourth-order valence-electron chi connectivity index (χ4n) is 2.03. The van der Waals surface area contributed by atoms with Crippen molar-refractivity contribution in [1.82, 2.24) is 0 Å². The molecule has 0 unspecified atom stereocenters. The summed E-state index contributed by atoms with van der Waals surface area (Å²) in [4.78, 5) is 12.2. The number of hydrogen-bond acceptors (Lipinski definition) is 2. The van der Waals surface area contributed by atoms with Gasteiger partial charge in [-0.25, -0.2) is 4.39 Å². The number of benzene rings is 2. The Balaban J connectivity index is 1.80. The molecule has 3 aromatic rings. The molecule has 1 heterocycles. The van der Waals surface area contributed by atoms with E-state index in [9.17, 15) is 9.18 Å². The van der Waals surface area contributed by atoms with Crippen LogP contribution >= 0.6 is 34.8 Å². The summed E-state index contributed by atoms with van der Waals surface area (Å²) >= 11 is 17.5. The van der Waals surface area contributed by atoms with Gasteiger partial charge in [0, 0.05) is 11.3 Å². The number of carbonyl (C=O) groups excluding carboxylic acids is 1. The normalized spacial score (nSPS) is 10.7. The highest BCUT2D eigenvalue weighted by molar-refractivity contribution is 6.42. The van der Waals surface area contributed by atoms with Gasteiger partial charge in [-0.1, -0.05) is 34.8 Å². The van der Waals surface area contributed by atoms with E-state index in [1.807, 2.05) is 0 Å². The lowest BCUT2D eigenvalue weighted by molar-refractivity contribution is 0.0997. The molecule has 0 aliphatic heterocycles. The zero-order valence-corrected chi connectivity index (χ0v) is 14.2. The van der Waals surface area contributed by atoms with E-state index in [4.69, 9.17) is 39.2 Å². The molecule has 0 spiro atoms. The summed E-state index contributed by atoms with van der Waals surface area (Å²) in [6.07, 6.45) is 0. The molecule has 0 aliphatic rings. The fraction of sp³-hybridized carbons (Fsp3) is 0. The van der Waals surface area contributed by atoms with Crippen molar-refractivity contribution in [2.45, 2.75) is 0 Å². The van der Waals surface area contributed by atoms with Crippen LogP contribution in [0.3, 0.4) is 0 Å². The molecule has 24 heavy (non-hydrogen) atoms. The van der Waals surface area contributed by atoms with Crippen LogP contribution in [0.1, 0.15) is 10.6 Å². The third kappa shape index (κ3) is 3.56. The fourth-order valence-corrected chi connectivity index (χ4v) is 2.51. The third-order valence-electron chi connectivity index (χ3n) is 3.21. The van der Waals surface area contributed by atoms with Crippen molar-refractivity contribution in [2.75, 3.05) is 5.32 Å². The number of nitrogens with one attached hydrogen (secondary N) is 1. The maximum absolute atomic E-state index is 13.2. The Morgan fingerprint density at radius 3 is 2.42 bits per heavy atom. The molecular weight excluding hydrogens is 376 g/mol. The average molecular weight is 385 g/mol. The molecule has 2 aromatic carbocycles. The van der Waals surface area contributed by atoms with Gasteiger partial charge in [0.25, 0.3) is 5.91 Å². The number of anilines is 1. The second kappa shape index (κ2) is 6.85. The molecule has 0 bridgehead atoms. The molecule has 3 rings (SSSR count). The van der Waals surface area contributed by atoms with Crippen molar-refractivity contribution in [2.24, 2.45) is 0 Å². The highest BCUT2D eigenvalue weighted by Crippen LogP contribution is 2.28. The minimum atomic E-state index is -0.524. The summed E-state index contributed by atoms with van der Waals surface area (Å²) in [5.74, 6) is -0.481. The van der Waals surface area contributed by atoms with E-state index in [2.05, 4.69) is 5.32 Å². The van der Waals surface area contributed by atoms with Gasteiger partial charge in [0.2, 0.25) is 0 Å². The molecule has 3 nitrogen and oxygen atoms in total. The van der Waals surface area contributed by atoms with Gasteiger partial charge in [0.15, 0.2) is 5.76 Å². The largest absolute Gasteiger partial charge is 0.451 e. The summed E-state index contributed by atoms with van der Waals surface area (Å²) < 4.78 is 18.7. The van der Waals surface area contributed by atoms with Crippen LogP contribution in [0, 0.1) is 5.82 Å². The van der Waals surface area contributed by atoms with Crippen LogP contribution in [-0.2, 0) is 0 Å². The van der Waals surface area contributed by atoms with Crippen LogP contribution in [0.4, 0.5) is 10.1 Å². The SMILES string of the molecule is O=C(Nc1ccc(Cl)c(Cl)c1)c1ccc(-c2ccc(F)c(Cl)c2)o1. The highest BCUT2D eigenvalue weighted by atomic mass is 35.5. The van der Waals surface area contributed by atoms with Crippen molar-refractivity contribution >= 4 is 46.4 Å². The van der Waals surface area contributed by atoms with Crippen LogP contribution in [0.2, 0.25) is 15.1 Å². The molecule has 0 saturated heterocycles. The van der Waals surface area contributed by atoms with Crippen molar-refractivity contribution in [1.29, 1.82) is 0 Å². The lowest BCUT2D eigenvalue weighted by Gasteiger charge is -2.04. The van der Waals surface area contributed by atoms with Gasteiger partial charge in [-0.05, 0) is 48.5 Å². The molecule has 0 atom stereocenters. The van der Waals surface area contributed by atoms with Gasteiger partial charge >= 0.3 is 0 Å². The summed E-state index contributed by atoms with van der Waals surface area (Å²) in [6.45, 7) is 0. The molecule has 0 radical (unpaired) electrons. The summed E-state index contributed by atoms with van der Waals surface area (Å²) in [5.41, 5.74) is 1.05. The highest BCUT2D eigenvalue weighted by Gasteiger charge is 2.14. The maximum Gasteiger partial charge on any atom is 0.291 e. The minimum absolute atomic E-state index is 0.0225. The first kappa shape index (κ1) is 16.8. The monoisotopic (exact) mass is 383 g/mol. The summed E-state index contributed by atoms with van der Waals surface area (Å²) in [7, 11) is 0. The van der Waals surface area contributed by atoms with E-state index in [1.54, 1.807) is 18.2 Å². The summed E-state index contributed by atoms with van der Waals surface area (Å²) in [6, 6.07) is 12.0. The quantitative estimate of drug-likeness (QED) is 0.576. The second-order valence-corrected chi connectivity index (χ2v) is 6.10. The third-order valence-corrected chi connectivity index (χ3v) is 4.24. The summed E-state index contributed by atoms with van der Waals surface area (Å²) in [5, 5.41) is 3.35. The van der Waals surface area contributed by atoms with Crippen LogP contribution in [-0.4, -0.2) is 5.91 Å². The van der Waals surface area contributed by atoms with Gasteiger partial charge in [-0.3, -0.25) is 4.79 Å². The van der Waals surface area contributed by atoms with E-state index >= 15 is 0 Å². The Kier molecular flexibility index (Phi) is 4.81. The first-order chi connectivity index (χ1) is 11.4. The molecule has 1 N–H and O–H groups in total. The Bertz CT molecular complexity index is 924. The minimum Gasteiger partial charge on any atom is -0.451 e. The van der Waals surface area contributed by atoms with Gasteiger partial charge in [0.05, 0.1) is 15.1 Å². The number of hydrogen-bond donors (Lipinski definition) is 1. The van der Waals surface area contributed by atoms with Crippen LogP contribution in [0.15, 0.2) is 52.9 Å². The van der Waals surface area contributed by atoms with Crippen LogP contribution in [0.5, 0.6) is 0 Å². The molecule has 122 valence electrons. The molecular formula is C17H9Cl3FNO2. The zero-order valence-electron chi connectivity index (χ0n) is 11.9. The number of amides is 1. The molecule has 1 amide bonds. The molecule has 1 aromatic heterocycles. The van der Waals surface area contributed by atoms with Crippen LogP contribution in [0.25, 0.3) is 11.3 Å². The number of rotatable bonds is 3. The molecule has 0 fully saturated rings. The molecule has 0 aliphatic carbocycles. The lowest BCUT2D eigenvalue weighted by atomic mass is 10.2. The smallest absolute Gasteiger partial charge is 0.291 e. The predicted molar refractivity (Wildman–Crippen MR) is 93.5 cm³/mol. The van der Waals surface area contributed by atoms with Crippen molar-refractivity contribution in [3.63, 3.8) is 0 Å². The van der Waals surface area contributed by atoms with Crippen LogP contribution < -0.4 is 5.32 Å². The van der Waals surface area contributed by atoms with Gasteiger partial charge in [-0.15, -0.1) is 0 Å². The van der Waals surface area contributed by atoms with E-state index in [0.717, 1.165) is 0 Å². The Morgan fingerprint density at radius 1 is 0.917 bits per heavy atom. The van der Waals surface area contributed by atoms with E-state index in [0.29, 0.717) is 27.1 Å². The van der Waals surface area contributed by atoms with E-state index < -0.39 is 11.7 Å². The van der Waals surface area contributed by atoms with Gasteiger partial charge in [-0.2, -0.15) is 0 Å². The lowest BCUT2D eigenvalue weighted by Crippen LogP contribution is -2.10. The van der Waals surface area contributed by atoms with Crippen molar-refractivity contribution in [3.8, 4) is 11.3 Å². The molecule has 7 heteroatoms. The van der Waals surface area contributed by atoms with Crippen molar-refractivity contribution in [3.05, 3.63) is 75.2 Å². The number of furan rings is 1. The second-order valence-electron chi connectivity index (χ2n) is 4.88. The van der Waals surface area contributed by atoms with Crippen molar-refractivity contribution < 1.29 is 13.6 Å². The van der Waals surface area contributed by atoms with Gasteiger partial charge in [0.1, 0.15) is 11.6 Å².